The number of rotatable bonds is 14. The highest BCUT2D eigenvalue weighted by Crippen LogP contribution is 2.19. The third-order valence-electron chi connectivity index (χ3n) is 5.77. The number of aliphatic carboxylic acids is 1. The summed E-state index contributed by atoms with van der Waals surface area (Å²) in [5.74, 6) is -3.68. The summed E-state index contributed by atoms with van der Waals surface area (Å²) in [6, 6.07) is 2.48. The van der Waals surface area contributed by atoms with Crippen LogP contribution >= 0.6 is 0 Å². The normalized spacial score (nSPS) is 14.9. The lowest BCUT2D eigenvalue weighted by molar-refractivity contribution is -0.142. The van der Waals surface area contributed by atoms with Gasteiger partial charge in [-0.25, -0.2) is 4.79 Å². The maximum atomic E-state index is 13.3. The number of carbonyl (C=O) groups is 4. The third kappa shape index (κ3) is 8.74. The molecule has 0 radical (unpaired) electrons. The lowest BCUT2D eigenvalue weighted by Crippen LogP contribution is -2.60. The highest BCUT2D eigenvalue weighted by atomic mass is 16.4. The lowest BCUT2D eigenvalue weighted by Gasteiger charge is -2.26. The van der Waals surface area contributed by atoms with Gasteiger partial charge in [-0.15, -0.1) is 0 Å². The summed E-state index contributed by atoms with van der Waals surface area (Å²) >= 11 is 0. The quantitative estimate of drug-likeness (QED) is 0.0742. The van der Waals surface area contributed by atoms with Gasteiger partial charge in [0.1, 0.15) is 18.1 Å². The first-order valence-corrected chi connectivity index (χ1v) is 12.1. The van der Waals surface area contributed by atoms with E-state index in [0.29, 0.717) is 5.56 Å². The van der Waals surface area contributed by atoms with Crippen molar-refractivity contribution in [2.24, 2.45) is 22.2 Å². The number of carboxylic acid groups (broad SMARTS) is 1. The number of H-pyrrole nitrogens is 1. The molecule has 5 atom stereocenters. The number of guanidine groups is 1. The number of nitrogens with one attached hydrogen (secondary N) is 4. The van der Waals surface area contributed by atoms with E-state index >= 15 is 0 Å². The van der Waals surface area contributed by atoms with Crippen molar-refractivity contribution in [1.29, 1.82) is 0 Å². The second kappa shape index (κ2) is 13.9. The number of hydrogen-bond donors (Lipinski definition) is 9. The zero-order valence-corrected chi connectivity index (χ0v) is 21.3. The van der Waals surface area contributed by atoms with Crippen molar-refractivity contribution in [2.75, 3.05) is 6.54 Å². The molecule has 1 aromatic carbocycles. The highest BCUT2D eigenvalue weighted by molar-refractivity contribution is 5.95. The van der Waals surface area contributed by atoms with E-state index in [1.165, 1.54) is 13.8 Å². The zero-order valence-electron chi connectivity index (χ0n) is 21.3. The first-order chi connectivity index (χ1) is 17.9. The number of aromatic amines is 1. The van der Waals surface area contributed by atoms with Gasteiger partial charge < -0.3 is 48.3 Å². The maximum absolute atomic E-state index is 13.3. The lowest BCUT2D eigenvalue weighted by atomic mass is 10.0. The monoisotopic (exact) mass is 532 g/mol. The Morgan fingerprint density at radius 3 is 2.26 bits per heavy atom. The zero-order chi connectivity index (χ0) is 28.4. The number of para-hydroxylation sites is 1. The molecule has 0 saturated heterocycles. The summed E-state index contributed by atoms with van der Waals surface area (Å²) in [6.45, 7) is 2.89. The molecular formula is C24H36N8O6. The fraction of sp³-hybridized carbons (Fsp3) is 0.458. The Kier molecular flexibility index (Phi) is 11.0. The Hall–Kier alpha value is -4.17. The van der Waals surface area contributed by atoms with E-state index in [1.807, 2.05) is 24.3 Å². The SMILES string of the molecule is CC(N)C(=O)NC(C(=O)NC(Cc1c[nH]c2ccccc12)C(=O)NC(CCCN=C(N)N)C(=O)O)C(C)O. The summed E-state index contributed by atoms with van der Waals surface area (Å²) < 4.78 is 0. The predicted molar refractivity (Wildman–Crippen MR) is 141 cm³/mol. The van der Waals surface area contributed by atoms with Crippen molar-refractivity contribution in [3.8, 4) is 0 Å². The van der Waals surface area contributed by atoms with Crippen molar-refractivity contribution >= 4 is 40.6 Å². The molecular weight excluding hydrogens is 496 g/mol. The average Bonchev–Trinajstić information content (AvgIpc) is 3.25. The predicted octanol–water partition coefficient (Wildman–Crippen LogP) is -1.97. The molecule has 0 spiro atoms. The molecule has 208 valence electrons. The maximum Gasteiger partial charge on any atom is 0.326 e. The molecule has 3 amide bonds. The van der Waals surface area contributed by atoms with Crippen LogP contribution in [0.3, 0.4) is 0 Å². The summed E-state index contributed by atoms with van der Waals surface area (Å²) in [5, 5.41) is 27.9. The van der Waals surface area contributed by atoms with Crippen LogP contribution in [0, 0.1) is 0 Å². The first-order valence-electron chi connectivity index (χ1n) is 12.1. The fourth-order valence-corrected chi connectivity index (χ4v) is 3.71. The van der Waals surface area contributed by atoms with Crippen molar-refractivity contribution in [3.63, 3.8) is 0 Å². The standard InChI is InChI=1S/C24H36N8O6/c1-12(25)20(34)32-19(13(2)33)22(36)31-18(10-14-11-29-16-7-4-3-6-15(14)16)21(35)30-17(23(37)38)8-5-9-28-24(26)27/h3-4,6-7,11-13,17-19,29,33H,5,8-10,25H2,1-2H3,(H,30,35)(H,31,36)(H,32,34)(H,37,38)(H4,26,27,28). The Bertz CT molecular complexity index is 1160. The molecule has 1 heterocycles. The molecule has 5 unspecified atom stereocenters. The number of hydrogen-bond acceptors (Lipinski definition) is 7. The van der Waals surface area contributed by atoms with Gasteiger partial charge in [-0.3, -0.25) is 19.4 Å². The van der Waals surface area contributed by atoms with Gasteiger partial charge in [-0.2, -0.15) is 0 Å². The number of benzene rings is 1. The van der Waals surface area contributed by atoms with Gasteiger partial charge in [0.25, 0.3) is 0 Å². The molecule has 2 aromatic rings. The number of amides is 3. The van der Waals surface area contributed by atoms with Gasteiger partial charge in [0.05, 0.1) is 12.1 Å². The number of aliphatic hydroxyl groups is 1. The van der Waals surface area contributed by atoms with E-state index in [4.69, 9.17) is 17.2 Å². The van der Waals surface area contributed by atoms with E-state index in [0.717, 1.165) is 10.9 Å². The Morgan fingerprint density at radius 2 is 1.66 bits per heavy atom. The van der Waals surface area contributed by atoms with Crippen molar-refractivity contribution in [3.05, 3.63) is 36.0 Å². The van der Waals surface area contributed by atoms with Crippen LogP contribution < -0.4 is 33.2 Å². The molecule has 1 aromatic heterocycles. The van der Waals surface area contributed by atoms with Gasteiger partial charge in [0, 0.05) is 30.1 Å². The Balaban J connectivity index is 2.28. The van der Waals surface area contributed by atoms with Gasteiger partial charge >= 0.3 is 5.97 Å². The smallest absolute Gasteiger partial charge is 0.326 e. The fourth-order valence-electron chi connectivity index (χ4n) is 3.71. The van der Waals surface area contributed by atoms with E-state index in [2.05, 4.69) is 25.9 Å². The summed E-state index contributed by atoms with van der Waals surface area (Å²) in [4.78, 5) is 57.1. The first kappa shape index (κ1) is 30.1. The topological polar surface area (TPSA) is 251 Å². The van der Waals surface area contributed by atoms with Gasteiger partial charge in [0.15, 0.2) is 5.96 Å². The van der Waals surface area contributed by atoms with Crippen LogP contribution in [-0.4, -0.2) is 81.7 Å². The van der Waals surface area contributed by atoms with Crippen LogP contribution in [0.1, 0.15) is 32.3 Å². The largest absolute Gasteiger partial charge is 0.480 e. The van der Waals surface area contributed by atoms with Gasteiger partial charge in [0.2, 0.25) is 17.7 Å². The van der Waals surface area contributed by atoms with Crippen LogP contribution in [-0.2, 0) is 25.6 Å². The van der Waals surface area contributed by atoms with E-state index in [-0.39, 0.29) is 31.8 Å². The molecule has 2 rings (SSSR count). The molecule has 38 heavy (non-hydrogen) atoms. The van der Waals surface area contributed by atoms with Crippen LogP contribution in [0.4, 0.5) is 0 Å². The van der Waals surface area contributed by atoms with E-state index in [9.17, 15) is 29.4 Å². The summed E-state index contributed by atoms with van der Waals surface area (Å²) in [6.07, 6.45) is 0.687. The minimum Gasteiger partial charge on any atom is -0.480 e. The molecule has 14 heteroatoms. The molecule has 0 fully saturated rings. The van der Waals surface area contributed by atoms with Gasteiger partial charge in [-0.1, -0.05) is 18.2 Å². The van der Waals surface area contributed by atoms with Gasteiger partial charge in [-0.05, 0) is 38.3 Å². The third-order valence-corrected chi connectivity index (χ3v) is 5.77. The Labute approximate surface area is 219 Å². The minimum absolute atomic E-state index is 0.00427. The number of fused-ring (bicyclic) bond motifs is 1. The van der Waals surface area contributed by atoms with Crippen molar-refractivity contribution in [1.82, 2.24) is 20.9 Å². The minimum atomic E-state index is -1.40. The number of aromatic nitrogens is 1. The molecule has 14 nitrogen and oxygen atoms in total. The molecule has 0 aliphatic rings. The van der Waals surface area contributed by atoms with Crippen LogP contribution in [0.25, 0.3) is 10.9 Å². The molecule has 0 aliphatic carbocycles. The van der Waals surface area contributed by atoms with Crippen molar-refractivity contribution in [2.45, 2.75) is 63.4 Å². The molecule has 0 aliphatic heterocycles. The van der Waals surface area contributed by atoms with Crippen LogP contribution in [0.2, 0.25) is 0 Å². The number of carbonyl (C=O) groups excluding carboxylic acids is 3. The van der Waals surface area contributed by atoms with Crippen molar-refractivity contribution < 1.29 is 29.4 Å². The van der Waals surface area contributed by atoms with Crippen LogP contribution in [0.15, 0.2) is 35.5 Å². The molecule has 0 saturated carbocycles. The Morgan fingerprint density at radius 1 is 1.00 bits per heavy atom. The number of nitrogens with two attached hydrogens (primary N) is 3. The average molecular weight is 533 g/mol. The number of carboxylic acids is 1. The second-order valence-corrected chi connectivity index (χ2v) is 8.99. The van der Waals surface area contributed by atoms with Crippen LogP contribution in [0.5, 0.6) is 0 Å². The van der Waals surface area contributed by atoms with E-state index in [1.54, 1.807) is 6.20 Å². The molecule has 0 bridgehead atoms. The highest BCUT2D eigenvalue weighted by Gasteiger charge is 2.32. The summed E-state index contributed by atoms with van der Waals surface area (Å²) in [5.41, 5.74) is 17.6. The number of nitrogens with zero attached hydrogens (tertiary/aromatic N) is 1. The van der Waals surface area contributed by atoms with E-state index < -0.39 is 54.0 Å². The summed E-state index contributed by atoms with van der Waals surface area (Å²) in [7, 11) is 0. The molecule has 12 N–H and O–H groups in total. The number of aliphatic imine (C=N–C) groups is 1. The number of aliphatic hydroxyl groups excluding tert-OH is 1. The second-order valence-electron chi connectivity index (χ2n) is 8.99.